The standard InChI is InChI=1S/C17H18O3/c1-11(2)17(18)20-10-9-19-16-14-8-7-12-5-3-4-6-13(12)15(14)16/h3-6,14H,1,7-10H2,2H3. The Morgan fingerprint density at radius 2 is 2.15 bits per heavy atom. The van der Waals surface area contributed by atoms with Gasteiger partial charge in [0.2, 0.25) is 0 Å². The summed E-state index contributed by atoms with van der Waals surface area (Å²) in [6.45, 7) is 5.87. The lowest BCUT2D eigenvalue weighted by Gasteiger charge is -2.12. The fraction of sp³-hybridized carbons (Fsp3) is 0.353. The molecule has 0 heterocycles. The van der Waals surface area contributed by atoms with Gasteiger partial charge in [0.15, 0.2) is 0 Å². The minimum absolute atomic E-state index is 0.275. The molecular weight excluding hydrogens is 252 g/mol. The Morgan fingerprint density at radius 3 is 2.95 bits per heavy atom. The summed E-state index contributed by atoms with van der Waals surface area (Å²) in [5.41, 5.74) is 4.50. The summed E-state index contributed by atoms with van der Waals surface area (Å²) in [4.78, 5) is 11.2. The number of esters is 1. The molecule has 20 heavy (non-hydrogen) atoms. The lowest BCUT2D eigenvalue weighted by molar-refractivity contribution is -0.140. The SMILES string of the molecule is C=C(C)C(=O)OCCOC1=C2c3ccccc3CCC12. The molecule has 2 aliphatic carbocycles. The van der Waals surface area contributed by atoms with Crippen LogP contribution in [0.25, 0.3) is 5.57 Å². The summed E-state index contributed by atoms with van der Waals surface area (Å²) >= 11 is 0. The maximum absolute atomic E-state index is 11.2. The predicted molar refractivity (Wildman–Crippen MR) is 76.9 cm³/mol. The molecule has 0 N–H and O–H groups in total. The molecule has 1 aromatic rings. The van der Waals surface area contributed by atoms with Crippen molar-refractivity contribution in [3.05, 3.63) is 53.3 Å². The first-order valence-corrected chi connectivity index (χ1v) is 6.96. The van der Waals surface area contributed by atoms with E-state index < -0.39 is 0 Å². The molecule has 0 saturated heterocycles. The van der Waals surface area contributed by atoms with Crippen LogP contribution in [0.1, 0.15) is 24.5 Å². The summed E-state index contributed by atoms with van der Waals surface area (Å²) in [5.74, 6) is 1.22. The van der Waals surface area contributed by atoms with Crippen LogP contribution < -0.4 is 0 Å². The molecule has 0 radical (unpaired) electrons. The molecule has 1 unspecified atom stereocenters. The Bertz CT molecular complexity index is 598. The van der Waals surface area contributed by atoms with E-state index in [0.29, 0.717) is 18.1 Å². The molecule has 1 aromatic carbocycles. The van der Waals surface area contributed by atoms with E-state index >= 15 is 0 Å². The van der Waals surface area contributed by atoms with Crippen molar-refractivity contribution in [2.75, 3.05) is 13.2 Å². The fourth-order valence-electron chi connectivity index (χ4n) is 2.73. The Hall–Kier alpha value is -2.03. The van der Waals surface area contributed by atoms with Gasteiger partial charge < -0.3 is 9.47 Å². The molecule has 0 amide bonds. The largest absolute Gasteiger partial charge is 0.493 e. The van der Waals surface area contributed by atoms with E-state index in [1.807, 2.05) is 0 Å². The highest BCUT2D eigenvalue weighted by Gasteiger charge is 2.42. The Balaban J connectivity index is 1.55. The van der Waals surface area contributed by atoms with E-state index in [0.717, 1.165) is 18.6 Å². The van der Waals surface area contributed by atoms with E-state index in [4.69, 9.17) is 9.47 Å². The summed E-state index contributed by atoms with van der Waals surface area (Å²) in [6.07, 6.45) is 2.25. The molecule has 3 rings (SSSR count). The monoisotopic (exact) mass is 270 g/mol. The van der Waals surface area contributed by atoms with Gasteiger partial charge in [-0.2, -0.15) is 0 Å². The number of carbonyl (C=O) groups excluding carboxylic acids is 1. The average Bonchev–Trinajstić information content (AvgIpc) is 3.17. The molecule has 2 aliphatic rings. The molecule has 3 heteroatoms. The Morgan fingerprint density at radius 1 is 1.35 bits per heavy atom. The molecule has 0 fully saturated rings. The zero-order valence-electron chi connectivity index (χ0n) is 11.6. The van der Waals surface area contributed by atoms with Crippen LogP contribution in [0, 0.1) is 5.92 Å². The second-order valence-electron chi connectivity index (χ2n) is 5.29. The van der Waals surface area contributed by atoms with Gasteiger partial charge in [0.25, 0.3) is 0 Å². The molecule has 0 saturated carbocycles. The highest BCUT2D eigenvalue weighted by molar-refractivity contribution is 5.87. The second-order valence-corrected chi connectivity index (χ2v) is 5.29. The van der Waals surface area contributed by atoms with E-state index in [1.165, 1.54) is 16.7 Å². The molecule has 0 aromatic heterocycles. The van der Waals surface area contributed by atoms with E-state index in [2.05, 4.69) is 30.8 Å². The number of aryl methyl sites for hydroxylation is 1. The zero-order chi connectivity index (χ0) is 14.1. The number of ether oxygens (including phenoxy) is 2. The quantitative estimate of drug-likeness (QED) is 0.468. The first kappa shape index (κ1) is 13.0. The van der Waals surface area contributed by atoms with Gasteiger partial charge in [-0.3, -0.25) is 0 Å². The molecule has 3 nitrogen and oxygen atoms in total. The lowest BCUT2D eigenvalue weighted by atomic mass is 9.92. The maximum atomic E-state index is 11.2. The number of allylic oxidation sites excluding steroid dienone is 2. The normalized spacial score (nSPS) is 18.9. The van der Waals surface area contributed by atoms with Gasteiger partial charge in [-0.25, -0.2) is 4.79 Å². The van der Waals surface area contributed by atoms with Crippen LogP contribution in [0.15, 0.2) is 42.2 Å². The van der Waals surface area contributed by atoms with Crippen molar-refractivity contribution in [2.45, 2.75) is 19.8 Å². The van der Waals surface area contributed by atoms with Gasteiger partial charge in [0, 0.05) is 17.1 Å². The topological polar surface area (TPSA) is 35.5 Å². The van der Waals surface area contributed by atoms with E-state index in [1.54, 1.807) is 6.92 Å². The molecule has 0 spiro atoms. The first-order chi connectivity index (χ1) is 9.68. The van der Waals surface area contributed by atoms with Crippen LogP contribution in [-0.4, -0.2) is 19.2 Å². The molecule has 0 bridgehead atoms. The van der Waals surface area contributed by atoms with Crippen LogP contribution in [-0.2, 0) is 20.7 Å². The highest BCUT2D eigenvalue weighted by Crippen LogP contribution is 2.53. The fourth-order valence-corrected chi connectivity index (χ4v) is 2.73. The van der Waals surface area contributed by atoms with Crippen molar-refractivity contribution in [3.8, 4) is 0 Å². The number of hydrogen-bond acceptors (Lipinski definition) is 3. The van der Waals surface area contributed by atoms with Crippen LogP contribution >= 0.6 is 0 Å². The van der Waals surface area contributed by atoms with Gasteiger partial charge in [-0.1, -0.05) is 30.8 Å². The van der Waals surface area contributed by atoms with Gasteiger partial charge in [-0.05, 0) is 30.9 Å². The van der Waals surface area contributed by atoms with E-state index in [-0.39, 0.29) is 12.6 Å². The van der Waals surface area contributed by atoms with E-state index in [9.17, 15) is 4.79 Å². The molecule has 1 atom stereocenters. The zero-order valence-corrected chi connectivity index (χ0v) is 11.6. The summed E-state index contributed by atoms with van der Waals surface area (Å²) in [7, 11) is 0. The summed E-state index contributed by atoms with van der Waals surface area (Å²) in [5, 5.41) is 0. The van der Waals surface area contributed by atoms with Crippen molar-refractivity contribution in [2.24, 2.45) is 5.92 Å². The van der Waals surface area contributed by atoms with Gasteiger partial charge in [0.1, 0.15) is 19.0 Å². The van der Waals surface area contributed by atoms with Crippen LogP contribution in [0.2, 0.25) is 0 Å². The predicted octanol–water partition coefficient (Wildman–Crippen LogP) is 3.11. The number of carbonyl (C=O) groups is 1. The summed E-state index contributed by atoms with van der Waals surface area (Å²) < 4.78 is 10.8. The van der Waals surface area contributed by atoms with Crippen LogP contribution in [0.5, 0.6) is 0 Å². The highest BCUT2D eigenvalue weighted by atomic mass is 16.6. The van der Waals surface area contributed by atoms with Crippen molar-refractivity contribution >= 4 is 11.5 Å². The minimum atomic E-state index is -0.357. The van der Waals surface area contributed by atoms with Crippen LogP contribution in [0.4, 0.5) is 0 Å². The van der Waals surface area contributed by atoms with Crippen molar-refractivity contribution in [1.29, 1.82) is 0 Å². The van der Waals surface area contributed by atoms with Crippen LogP contribution in [0.3, 0.4) is 0 Å². The van der Waals surface area contributed by atoms with Crippen molar-refractivity contribution in [3.63, 3.8) is 0 Å². The van der Waals surface area contributed by atoms with Gasteiger partial charge in [0.05, 0.1) is 0 Å². The van der Waals surface area contributed by atoms with Crippen molar-refractivity contribution < 1.29 is 14.3 Å². The third kappa shape index (κ3) is 2.36. The first-order valence-electron chi connectivity index (χ1n) is 6.96. The Kier molecular flexibility index (Phi) is 3.35. The smallest absolute Gasteiger partial charge is 0.333 e. The Labute approximate surface area is 118 Å². The lowest BCUT2D eigenvalue weighted by Crippen LogP contribution is -2.10. The van der Waals surface area contributed by atoms with Crippen molar-refractivity contribution in [1.82, 2.24) is 0 Å². The minimum Gasteiger partial charge on any atom is -0.493 e. The molecular formula is C17H18O3. The number of rotatable bonds is 5. The maximum Gasteiger partial charge on any atom is 0.333 e. The average molecular weight is 270 g/mol. The molecule has 0 aliphatic heterocycles. The molecule has 104 valence electrons. The second kappa shape index (κ2) is 5.16. The third-order valence-corrected chi connectivity index (χ3v) is 3.78. The third-order valence-electron chi connectivity index (χ3n) is 3.78. The number of benzene rings is 1. The van der Waals surface area contributed by atoms with Gasteiger partial charge in [-0.15, -0.1) is 0 Å². The number of hydrogen-bond donors (Lipinski definition) is 0. The van der Waals surface area contributed by atoms with Gasteiger partial charge >= 0.3 is 5.97 Å². The number of fused-ring (bicyclic) bond motifs is 3. The summed E-state index contributed by atoms with van der Waals surface area (Å²) in [6, 6.07) is 8.50.